The molecular formula is C7H14N2. The SMILES string of the molecule is C=CN=NC(=C)C.CC. The molecule has 0 aliphatic heterocycles. The summed E-state index contributed by atoms with van der Waals surface area (Å²) < 4.78 is 0. The van der Waals surface area contributed by atoms with Crippen molar-refractivity contribution in [2.24, 2.45) is 10.2 Å². The molecule has 9 heavy (non-hydrogen) atoms. The van der Waals surface area contributed by atoms with E-state index in [0.29, 0.717) is 5.70 Å². The summed E-state index contributed by atoms with van der Waals surface area (Å²) in [5, 5.41) is 7.02. The highest BCUT2D eigenvalue weighted by atomic mass is 15.1. The van der Waals surface area contributed by atoms with Gasteiger partial charge in [0.2, 0.25) is 0 Å². The second kappa shape index (κ2) is 10.1. The van der Waals surface area contributed by atoms with Crippen molar-refractivity contribution in [1.29, 1.82) is 0 Å². The molecule has 0 saturated carbocycles. The van der Waals surface area contributed by atoms with E-state index in [-0.39, 0.29) is 0 Å². The molecule has 0 aromatic heterocycles. The lowest BCUT2D eigenvalue weighted by atomic mass is 10.6. The Labute approximate surface area is 57.0 Å². The number of allylic oxidation sites excluding steroid dienone is 1. The van der Waals surface area contributed by atoms with Gasteiger partial charge in [-0.05, 0) is 6.92 Å². The van der Waals surface area contributed by atoms with Gasteiger partial charge >= 0.3 is 0 Å². The lowest BCUT2D eigenvalue weighted by Gasteiger charge is -1.76. The van der Waals surface area contributed by atoms with Gasteiger partial charge in [-0.25, -0.2) is 0 Å². The van der Waals surface area contributed by atoms with Gasteiger partial charge < -0.3 is 0 Å². The van der Waals surface area contributed by atoms with E-state index in [2.05, 4.69) is 23.4 Å². The molecule has 0 atom stereocenters. The van der Waals surface area contributed by atoms with Crippen LogP contribution in [0.1, 0.15) is 20.8 Å². The summed E-state index contributed by atoms with van der Waals surface area (Å²) in [6, 6.07) is 0. The highest BCUT2D eigenvalue weighted by Crippen LogP contribution is 1.87. The quantitative estimate of drug-likeness (QED) is 0.508. The van der Waals surface area contributed by atoms with Gasteiger partial charge in [0.05, 0.1) is 5.70 Å². The zero-order valence-electron chi connectivity index (χ0n) is 6.39. The Kier molecular flexibility index (Phi) is 12.3. The molecule has 0 N–H and O–H groups in total. The number of hydrogen-bond acceptors (Lipinski definition) is 2. The van der Waals surface area contributed by atoms with E-state index >= 15 is 0 Å². The van der Waals surface area contributed by atoms with Crippen molar-refractivity contribution in [3.05, 3.63) is 25.1 Å². The summed E-state index contributed by atoms with van der Waals surface area (Å²) in [4.78, 5) is 0. The van der Waals surface area contributed by atoms with Gasteiger partial charge in [-0.15, -0.1) is 0 Å². The maximum Gasteiger partial charge on any atom is 0.0528 e. The molecule has 0 rings (SSSR count). The molecule has 0 heterocycles. The van der Waals surface area contributed by atoms with Crippen LogP contribution in [0.15, 0.2) is 35.3 Å². The molecule has 2 nitrogen and oxygen atoms in total. The zero-order chi connectivity index (χ0) is 7.70. The van der Waals surface area contributed by atoms with E-state index in [0.717, 1.165) is 0 Å². The molecule has 0 unspecified atom stereocenters. The Morgan fingerprint density at radius 3 is 2.00 bits per heavy atom. The Balaban J connectivity index is 0. The van der Waals surface area contributed by atoms with Gasteiger partial charge in [0.25, 0.3) is 0 Å². The van der Waals surface area contributed by atoms with Gasteiger partial charge in [-0.1, -0.05) is 27.0 Å². The van der Waals surface area contributed by atoms with Crippen LogP contribution in [0.4, 0.5) is 0 Å². The third-order valence-corrected chi connectivity index (χ3v) is 0.310. The number of hydrogen-bond donors (Lipinski definition) is 0. The van der Waals surface area contributed by atoms with Gasteiger partial charge in [-0.2, -0.15) is 10.2 Å². The van der Waals surface area contributed by atoms with Crippen LogP contribution >= 0.6 is 0 Å². The molecule has 0 amide bonds. The fourth-order valence-corrected chi connectivity index (χ4v) is 0.139. The van der Waals surface area contributed by atoms with Gasteiger partial charge in [0, 0.05) is 6.20 Å². The summed E-state index contributed by atoms with van der Waals surface area (Å²) in [6.07, 6.45) is 1.37. The third kappa shape index (κ3) is 19.3. The van der Waals surface area contributed by atoms with E-state index < -0.39 is 0 Å². The van der Waals surface area contributed by atoms with Crippen molar-refractivity contribution >= 4 is 0 Å². The van der Waals surface area contributed by atoms with Crippen molar-refractivity contribution in [1.82, 2.24) is 0 Å². The molecule has 0 fully saturated rings. The van der Waals surface area contributed by atoms with Gasteiger partial charge in [-0.3, -0.25) is 0 Å². The third-order valence-electron chi connectivity index (χ3n) is 0.310. The minimum absolute atomic E-state index is 0.694. The maximum atomic E-state index is 3.56. The number of nitrogens with zero attached hydrogens (tertiary/aromatic N) is 2. The van der Waals surface area contributed by atoms with Crippen LogP contribution in [0, 0.1) is 0 Å². The fraction of sp³-hybridized carbons (Fsp3) is 0.429. The molecular weight excluding hydrogens is 112 g/mol. The Morgan fingerprint density at radius 2 is 1.89 bits per heavy atom. The normalized spacial score (nSPS) is 7.89. The van der Waals surface area contributed by atoms with Gasteiger partial charge in [0.15, 0.2) is 0 Å². The molecule has 2 heteroatoms. The first kappa shape index (κ1) is 11.0. The van der Waals surface area contributed by atoms with Crippen LogP contribution in [-0.4, -0.2) is 0 Å². The molecule has 0 aromatic carbocycles. The predicted molar refractivity (Wildman–Crippen MR) is 41.2 cm³/mol. The minimum Gasteiger partial charge on any atom is -0.160 e. The number of rotatable bonds is 2. The van der Waals surface area contributed by atoms with Crippen LogP contribution in [0.2, 0.25) is 0 Å². The van der Waals surface area contributed by atoms with Crippen molar-refractivity contribution in [2.75, 3.05) is 0 Å². The topological polar surface area (TPSA) is 24.7 Å². The Bertz CT molecular complexity index is 103. The summed E-state index contributed by atoms with van der Waals surface area (Å²) in [7, 11) is 0. The average molecular weight is 126 g/mol. The molecule has 0 aliphatic carbocycles. The largest absolute Gasteiger partial charge is 0.160 e. The van der Waals surface area contributed by atoms with Crippen molar-refractivity contribution in [3.63, 3.8) is 0 Å². The molecule has 52 valence electrons. The van der Waals surface area contributed by atoms with E-state index in [1.807, 2.05) is 13.8 Å². The summed E-state index contributed by atoms with van der Waals surface area (Å²) >= 11 is 0. The van der Waals surface area contributed by atoms with Crippen LogP contribution in [0.25, 0.3) is 0 Å². The fourth-order valence-electron chi connectivity index (χ4n) is 0.139. The number of azo groups is 1. The monoisotopic (exact) mass is 126 g/mol. The van der Waals surface area contributed by atoms with E-state index in [4.69, 9.17) is 0 Å². The van der Waals surface area contributed by atoms with Crippen LogP contribution in [0.3, 0.4) is 0 Å². The van der Waals surface area contributed by atoms with Crippen LogP contribution in [-0.2, 0) is 0 Å². The first-order valence-electron chi connectivity index (χ1n) is 2.94. The lowest BCUT2D eigenvalue weighted by Crippen LogP contribution is -1.54. The summed E-state index contributed by atoms with van der Waals surface area (Å²) in [5.41, 5.74) is 0.694. The first-order valence-corrected chi connectivity index (χ1v) is 2.94. The molecule has 0 spiro atoms. The molecule has 0 bridgehead atoms. The van der Waals surface area contributed by atoms with E-state index in [1.54, 1.807) is 6.92 Å². The zero-order valence-corrected chi connectivity index (χ0v) is 6.39. The smallest absolute Gasteiger partial charge is 0.0528 e. The van der Waals surface area contributed by atoms with Crippen molar-refractivity contribution < 1.29 is 0 Å². The highest BCUT2D eigenvalue weighted by molar-refractivity contribution is 4.82. The Hall–Kier alpha value is -0.920. The first-order chi connectivity index (χ1) is 4.27. The second-order valence-electron chi connectivity index (χ2n) is 1.13. The van der Waals surface area contributed by atoms with Crippen molar-refractivity contribution in [2.45, 2.75) is 20.8 Å². The average Bonchev–Trinajstić information content (AvgIpc) is 1.88. The molecule has 0 aliphatic rings. The van der Waals surface area contributed by atoms with Gasteiger partial charge in [0.1, 0.15) is 0 Å². The van der Waals surface area contributed by atoms with E-state index in [9.17, 15) is 0 Å². The Morgan fingerprint density at radius 1 is 1.44 bits per heavy atom. The maximum absolute atomic E-state index is 3.56. The molecule has 0 saturated heterocycles. The highest BCUT2D eigenvalue weighted by Gasteiger charge is 1.67. The summed E-state index contributed by atoms with van der Waals surface area (Å²) in [5.74, 6) is 0. The molecule has 0 radical (unpaired) electrons. The lowest BCUT2D eigenvalue weighted by molar-refractivity contribution is 1.13. The summed E-state index contributed by atoms with van der Waals surface area (Å²) in [6.45, 7) is 12.6. The molecule has 0 aromatic rings. The predicted octanol–water partition coefficient (Wildman–Crippen LogP) is 3.14. The minimum atomic E-state index is 0.694. The van der Waals surface area contributed by atoms with Crippen molar-refractivity contribution in [3.8, 4) is 0 Å². The second-order valence-corrected chi connectivity index (χ2v) is 1.13. The standard InChI is InChI=1S/C5H8N2.C2H6/c1-4-6-7-5(2)3;1-2/h4H,1-2H2,3H3;1-2H3. The van der Waals surface area contributed by atoms with Crippen LogP contribution < -0.4 is 0 Å². The van der Waals surface area contributed by atoms with Crippen LogP contribution in [0.5, 0.6) is 0 Å². The van der Waals surface area contributed by atoms with E-state index in [1.165, 1.54) is 6.20 Å².